The van der Waals surface area contributed by atoms with Crippen molar-refractivity contribution in [2.75, 3.05) is 43.5 Å². The Labute approximate surface area is 257 Å². The van der Waals surface area contributed by atoms with E-state index >= 15 is 0 Å². The molecule has 7 heterocycles. The monoisotopic (exact) mass is 627 g/mol. The summed E-state index contributed by atoms with van der Waals surface area (Å²) in [5, 5.41) is 4.25. The van der Waals surface area contributed by atoms with E-state index in [1.54, 1.807) is 0 Å². The Kier molecular flexibility index (Phi) is 6.28. The molecular weight excluding hydrogens is 595 g/mol. The molecule has 5 aliphatic rings. The van der Waals surface area contributed by atoms with Crippen molar-refractivity contribution in [2.45, 2.75) is 68.9 Å². The van der Waals surface area contributed by atoms with Crippen LogP contribution in [0.25, 0.3) is 22.2 Å². The predicted molar refractivity (Wildman–Crippen MR) is 161 cm³/mol. The molecule has 4 saturated heterocycles. The maximum absolute atomic E-state index is 14.4. The highest BCUT2D eigenvalue weighted by Gasteiger charge is 2.47. The normalized spacial score (nSPS) is 27.8. The van der Waals surface area contributed by atoms with Gasteiger partial charge < -0.3 is 25.4 Å². The number of fused-ring (bicyclic) bond motifs is 6. The number of ether oxygens (including phenoxy) is 2. The maximum Gasteiger partial charge on any atom is 0.418 e. The Morgan fingerprint density at radius 1 is 1.25 bits per heavy atom. The van der Waals surface area contributed by atoms with Gasteiger partial charge in [0.2, 0.25) is 0 Å². The number of hydrogen-bond acceptors (Lipinski definition) is 9. The van der Waals surface area contributed by atoms with Crippen molar-refractivity contribution in [3.63, 3.8) is 0 Å². The van der Waals surface area contributed by atoms with Gasteiger partial charge in [0.15, 0.2) is 5.75 Å². The number of nitrogens with two attached hydrogens (primary N) is 1. The summed E-state index contributed by atoms with van der Waals surface area (Å²) in [6.45, 7) is 8.82. The smallest absolute Gasteiger partial charge is 0.418 e. The third-order valence-electron chi connectivity index (χ3n) is 10.0. The number of halogens is 4. The summed E-state index contributed by atoms with van der Waals surface area (Å²) in [6.07, 6.45) is 0.282. The average Bonchev–Trinajstić information content (AvgIpc) is 3.58. The summed E-state index contributed by atoms with van der Waals surface area (Å²) in [4.78, 5) is 18.5. The van der Waals surface area contributed by atoms with Crippen LogP contribution in [0.15, 0.2) is 24.3 Å². The molecule has 232 valence electrons. The minimum Gasteiger partial charge on any atom is -0.489 e. The van der Waals surface area contributed by atoms with Gasteiger partial charge in [-0.1, -0.05) is 23.8 Å². The number of benzene rings is 1. The molecule has 0 spiro atoms. The van der Waals surface area contributed by atoms with E-state index in [4.69, 9.17) is 36.8 Å². The quantitative estimate of drug-likeness (QED) is 0.381. The molecule has 2 bridgehead atoms. The van der Waals surface area contributed by atoms with Crippen LogP contribution in [0.3, 0.4) is 0 Å². The first kappa shape index (κ1) is 28.1. The fourth-order valence-electron chi connectivity index (χ4n) is 8.18. The van der Waals surface area contributed by atoms with Gasteiger partial charge in [-0.15, -0.1) is 0 Å². The maximum atomic E-state index is 14.4. The van der Waals surface area contributed by atoms with E-state index in [2.05, 4.69) is 26.7 Å². The number of nitrogen functional groups attached to an aromatic ring is 1. The zero-order valence-electron chi connectivity index (χ0n) is 24.3. The molecule has 44 heavy (non-hydrogen) atoms. The number of aromatic nitrogens is 3. The zero-order chi connectivity index (χ0) is 30.5. The zero-order valence-corrected chi connectivity index (χ0v) is 25.1. The van der Waals surface area contributed by atoms with Crippen LogP contribution in [0.1, 0.15) is 43.2 Å². The lowest BCUT2D eigenvalue weighted by molar-refractivity contribution is -0.137. The third-order valence-corrected chi connectivity index (χ3v) is 10.4. The fourth-order valence-corrected chi connectivity index (χ4v) is 8.48. The minimum absolute atomic E-state index is 0.0157. The molecule has 2 aromatic heterocycles. The van der Waals surface area contributed by atoms with Crippen LogP contribution in [0, 0.1) is 6.92 Å². The van der Waals surface area contributed by atoms with E-state index in [1.165, 1.54) is 24.6 Å². The molecular formula is C31H33ClF3N7O2. The van der Waals surface area contributed by atoms with Crippen LogP contribution in [0.2, 0.25) is 5.02 Å². The molecule has 3 N–H and O–H groups in total. The molecule has 8 rings (SSSR count). The summed E-state index contributed by atoms with van der Waals surface area (Å²) in [5.74, 6) is 0.825. The van der Waals surface area contributed by atoms with Crippen molar-refractivity contribution >= 4 is 34.1 Å². The number of piperazine rings is 1. The molecule has 0 saturated carbocycles. The summed E-state index contributed by atoms with van der Waals surface area (Å²) in [5.41, 5.74) is 6.11. The second-order valence-corrected chi connectivity index (χ2v) is 13.3. The lowest BCUT2D eigenvalue weighted by Gasteiger charge is -2.40. The van der Waals surface area contributed by atoms with Crippen LogP contribution in [-0.4, -0.2) is 76.4 Å². The second kappa shape index (κ2) is 9.82. The number of hydrogen-bond donors (Lipinski definition) is 2. The van der Waals surface area contributed by atoms with Crippen molar-refractivity contribution in [3.8, 4) is 23.0 Å². The van der Waals surface area contributed by atoms with E-state index in [9.17, 15) is 13.2 Å². The number of nitrogens with zero attached hydrogens (tertiary/aromatic N) is 5. The van der Waals surface area contributed by atoms with Gasteiger partial charge in [0.25, 0.3) is 0 Å². The van der Waals surface area contributed by atoms with Crippen molar-refractivity contribution in [3.05, 3.63) is 40.4 Å². The van der Waals surface area contributed by atoms with Gasteiger partial charge in [0.05, 0.1) is 38.8 Å². The van der Waals surface area contributed by atoms with E-state index in [-0.39, 0.29) is 63.7 Å². The topological polar surface area (TPSA) is 102 Å². The molecule has 0 radical (unpaired) electrons. The van der Waals surface area contributed by atoms with Gasteiger partial charge in [-0.3, -0.25) is 4.90 Å². The highest BCUT2D eigenvalue weighted by Crippen LogP contribution is 2.50. The van der Waals surface area contributed by atoms with Crippen LogP contribution >= 0.6 is 11.6 Å². The Balaban J connectivity index is 1.31. The third kappa shape index (κ3) is 4.32. The minimum atomic E-state index is -4.69. The molecule has 0 unspecified atom stereocenters. The van der Waals surface area contributed by atoms with Gasteiger partial charge in [0.1, 0.15) is 24.8 Å². The SMILES string of the molecule is C=C1CN2CCC[C@@]2(COc2nc3c4c(c(Cl)c(-c5nc(N)cc(C)c5C(F)(F)F)cc4n2)OC[C@@H]2[C@@H]4CC[C@H](CN32)N4)C1. The highest BCUT2D eigenvalue weighted by molar-refractivity contribution is 6.36. The Bertz CT molecular complexity index is 1720. The van der Waals surface area contributed by atoms with Gasteiger partial charge in [-0.25, -0.2) is 4.98 Å². The van der Waals surface area contributed by atoms with Crippen LogP contribution < -0.4 is 25.4 Å². The van der Waals surface area contributed by atoms with Crippen molar-refractivity contribution < 1.29 is 22.6 Å². The molecule has 9 nitrogen and oxygen atoms in total. The first-order chi connectivity index (χ1) is 21.0. The van der Waals surface area contributed by atoms with E-state index in [0.717, 1.165) is 45.2 Å². The molecule has 1 aromatic carbocycles. The van der Waals surface area contributed by atoms with Crippen LogP contribution in [-0.2, 0) is 6.18 Å². The fraction of sp³-hybridized carbons (Fsp3) is 0.516. The predicted octanol–water partition coefficient (Wildman–Crippen LogP) is 5.13. The molecule has 13 heteroatoms. The van der Waals surface area contributed by atoms with Gasteiger partial charge >= 0.3 is 12.2 Å². The Morgan fingerprint density at radius 2 is 2.09 bits per heavy atom. The van der Waals surface area contributed by atoms with Gasteiger partial charge in [-0.2, -0.15) is 23.1 Å². The van der Waals surface area contributed by atoms with E-state index < -0.39 is 11.7 Å². The first-order valence-electron chi connectivity index (χ1n) is 15.1. The summed E-state index contributed by atoms with van der Waals surface area (Å²) < 4.78 is 56.0. The summed E-state index contributed by atoms with van der Waals surface area (Å²) in [7, 11) is 0. The number of nitrogens with one attached hydrogen (secondary N) is 1. The van der Waals surface area contributed by atoms with Gasteiger partial charge in [0, 0.05) is 30.7 Å². The Morgan fingerprint density at radius 3 is 2.91 bits per heavy atom. The lowest BCUT2D eigenvalue weighted by atomic mass is 9.94. The highest BCUT2D eigenvalue weighted by atomic mass is 35.5. The standard InChI is InChI=1S/C31H33ClF3N7O2/c1-15-10-30(6-3-7-41(30)11-15)14-44-29-38-20-9-18(26-24(31(33,34)35)16(2)8-22(36)39-26)25(32)27-23(20)28(40-29)42-12-17-4-5-19(37-17)21(42)13-43-27/h8-9,17,19,21,37H,1,3-7,10-14H2,2H3,(H2,36,39)/t17-,19+,21-,30+/m1/s1. The van der Waals surface area contributed by atoms with Crippen LogP contribution in [0.5, 0.6) is 11.8 Å². The number of aryl methyl sites for hydroxylation is 1. The number of anilines is 2. The van der Waals surface area contributed by atoms with Crippen molar-refractivity contribution in [1.29, 1.82) is 0 Å². The summed E-state index contributed by atoms with van der Waals surface area (Å²) >= 11 is 6.96. The number of pyridine rings is 1. The first-order valence-corrected chi connectivity index (χ1v) is 15.5. The van der Waals surface area contributed by atoms with E-state index in [1.807, 2.05) is 0 Å². The second-order valence-electron chi connectivity index (χ2n) is 12.9. The largest absolute Gasteiger partial charge is 0.489 e. The molecule has 0 aliphatic carbocycles. The molecule has 4 atom stereocenters. The van der Waals surface area contributed by atoms with Crippen molar-refractivity contribution in [2.24, 2.45) is 0 Å². The number of rotatable bonds is 4. The summed E-state index contributed by atoms with van der Waals surface area (Å²) in [6, 6.07) is 3.35. The van der Waals surface area contributed by atoms with Crippen LogP contribution in [0.4, 0.5) is 24.8 Å². The molecule has 5 aliphatic heterocycles. The molecule has 3 aromatic rings. The van der Waals surface area contributed by atoms with Crippen molar-refractivity contribution in [1.82, 2.24) is 25.2 Å². The average molecular weight is 628 g/mol. The molecule has 0 amide bonds. The van der Waals surface area contributed by atoms with Gasteiger partial charge in [-0.05, 0) is 63.3 Å². The lowest BCUT2D eigenvalue weighted by Crippen LogP contribution is -2.60. The van der Waals surface area contributed by atoms with E-state index in [0.29, 0.717) is 35.9 Å². The Hall–Kier alpha value is -3.35. The molecule has 4 fully saturated rings. The number of alkyl halides is 3.